The minimum Gasteiger partial charge on any atom is -0.495 e. The molecule has 28 heavy (non-hydrogen) atoms. The summed E-state index contributed by atoms with van der Waals surface area (Å²) in [7, 11) is 1.60. The molecule has 0 atom stereocenters. The number of hydrogen-bond donors (Lipinski definition) is 2. The Balaban J connectivity index is 1.93. The van der Waals surface area contributed by atoms with Crippen LogP contribution in [0, 0.1) is 0 Å². The summed E-state index contributed by atoms with van der Waals surface area (Å²) in [5.74, 6) is 0.938. The van der Waals surface area contributed by atoms with Crippen molar-refractivity contribution in [1.29, 1.82) is 0 Å². The van der Waals surface area contributed by atoms with Crippen LogP contribution in [-0.4, -0.2) is 33.0 Å². The van der Waals surface area contributed by atoms with E-state index in [-0.39, 0.29) is 5.91 Å². The number of ether oxygens (including phenoxy) is 1. The van der Waals surface area contributed by atoms with Gasteiger partial charge in [-0.05, 0) is 30.3 Å². The van der Waals surface area contributed by atoms with Gasteiger partial charge in [-0.25, -0.2) is 4.98 Å². The largest absolute Gasteiger partial charge is 0.495 e. The van der Waals surface area contributed by atoms with Gasteiger partial charge in [-0.3, -0.25) is 14.8 Å². The maximum absolute atomic E-state index is 11.4. The smallest absolute Gasteiger partial charge is 0.222 e. The van der Waals surface area contributed by atoms with E-state index < -0.39 is 0 Å². The van der Waals surface area contributed by atoms with E-state index in [0.29, 0.717) is 16.6 Å². The average molecular weight is 394 g/mol. The second-order valence-corrected chi connectivity index (χ2v) is 6.56. The number of amides is 1. The van der Waals surface area contributed by atoms with Crippen molar-refractivity contribution in [3.8, 4) is 28.3 Å². The van der Waals surface area contributed by atoms with Crippen molar-refractivity contribution < 1.29 is 9.53 Å². The summed E-state index contributed by atoms with van der Waals surface area (Å²) < 4.78 is 5.21. The number of hydrogen-bond acceptors (Lipinski definition) is 5. The Morgan fingerprint density at radius 2 is 2.00 bits per heavy atom. The van der Waals surface area contributed by atoms with Crippen LogP contribution >= 0.6 is 11.6 Å². The van der Waals surface area contributed by atoms with E-state index in [4.69, 9.17) is 16.3 Å². The molecule has 0 spiro atoms. The number of fused-ring (bicyclic) bond motifs is 1. The molecular formula is C20H16ClN5O2. The molecule has 0 unspecified atom stereocenters. The van der Waals surface area contributed by atoms with E-state index >= 15 is 0 Å². The molecule has 0 saturated heterocycles. The zero-order valence-electron chi connectivity index (χ0n) is 15.2. The first-order valence-corrected chi connectivity index (χ1v) is 8.84. The molecule has 4 heterocycles. The molecule has 0 bridgehead atoms. The number of aromatic amines is 1. The minimum absolute atomic E-state index is 0.188. The van der Waals surface area contributed by atoms with Gasteiger partial charge in [0.15, 0.2) is 0 Å². The van der Waals surface area contributed by atoms with Crippen LogP contribution in [0.5, 0.6) is 5.75 Å². The summed E-state index contributed by atoms with van der Waals surface area (Å²) in [5, 5.41) is 3.23. The maximum atomic E-state index is 11.4. The molecule has 140 valence electrons. The topological polar surface area (TPSA) is 92.8 Å². The Kier molecular flexibility index (Phi) is 4.67. The summed E-state index contributed by atoms with van der Waals surface area (Å²) in [5.41, 5.74) is 4.73. The van der Waals surface area contributed by atoms with Gasteiger partial charge in [-0.2, -0.15) is 0 Å². The molecule has 7 nitrogen and oxygen atoms in total. The van der Waals surface area contributed by atoms with Gasteiger partial charge in [-0.15, -0.1) is 0 Å². The van der Waals surface area contributed by atoms with Crippen molar-refractivity contribution in [2.75, 3.05) is 12.4 Å². The van der Waals surface area contributed by atoms with E-state index in [1.54, 1.807) is 31.8 Å². The van der Waals surface area contributed by atoms with E-state index in [2.05, 4.69) is 25.3 Å². The predicted molar refractivity (Wildman–Crippen MR) is 108 cm³/mol. The van der Waals surface area contributed by atoms with Crippen LogP contribution in [-0.2, 0) is 4.79 Å². The summed E-state index contributed by atoms with van der Waals surface area (Å²) in [6.07, 6.45) is 4.89. The minimum atomic E-state index is -0.188. The first-order chi connectivity index (χ1) is 13.5. The number of rotatable bonds is 4. The lowest BCUT2D eigenvalue weighted by atomic mass is 10.0. The first kappa shape index (κ1) is 17.9. The number of methoxy groups -OCH3 is 1. The van der Waals surface area contributed by atoms with Gasteiger partial charge in [-0.1, -0.05) is 11.6 Å². The third kappa shape index (κ3) is 3.39. The van der Waals surface area contributed by atoms with Gasteiger partial charge < -0.3 is 15.0 Å². The Morgan fingerprint density at radius 1 is 1.14 bits per heavy atom. The number of carbonyl (C=O) groups is 1. The molecule has 0 fully saturated rings. The molecule has 4 aromatic heterocycles. The van der Waals surface area contributed by atoms with Crippen molar-refractivity contribution in [1.82, 2.24) is 19.9 Å². The van der Waals surface area contributed by atoms with E-state index in [9.17, 15) is 4.79 Å². The summed E-state index contributed by atoms with van der Waals surface area (Å²) in [4.78, 5) is 28.0. The number of aromatic nitrogens is 4. The van der Waals surface area contributed by atoms with Crippen LogP contribution < -0.4 is 10.1 Å². The van der Waals surface area contributed by atoms with Gasteiger partial charge in [0.1, 0.15) is 11.6 Å². The quantitative estimate of drug-likeness (QED) is 0.539. The molecule has 8 heteroatoms. The lowest BCUT2D eigenvalue weighted by molar-refractivity contribution is -0.114. The second-order valence-electron chi connectivity index (χ2n) is 6.12. The summed E-state index contributed by atoms with van der Waals surface area (Å²) in [6.45, 7) is 1.44. The molecule has 4 aromatic rings. The third-order valence-corrected chi connectivity index (χ3v) is 4.39. The van der Waals surface area contributed by atoms with Crippen LogP contribution in [0.4, 0.5) is 5.82 Å². The highest BCUT2D eigenvalue weighted by Gasteiger charge is 2.18. The fraction of sp³-hybridized carbons (Fsp3) is 0.100. The monoisotopic (exact) mass is 393 g/mol. The maximum Gasteiger partial charge on any atom is 0.222 e. The Hall–Kier alpha value is -3.45. The summed E-state index contributed by atoms with van der Waals surface area (Å²) in [6, 6.07) is 9.18. The number of carbonyl (C=O) groups excluding carboxylic acids is 1. The standard InChI is InChI=1S/C20H16ClN5O2/c1-11(27)25-17-7-12(5-6-22-17)19-18(15-4-3-14(28-2)10-23-15)20-16(26-19)8-13(21)9-24-20/h3-10,26H,1-2H3,(H,22,25,27). The van der Waals surface area contributed by atoms with E-state index in [1.807, 2.05) is 24.3 Å². The van der Waals surface area contributed by atoms with Crippen LogP contribution in [0.2, 0.25) is 5.02 Å². The number of H-pyrrole nitrogens is 1. The fourth-order valence-corrected chi connectivity index (χ4v) is 3.16. The molecule has 0 aliphatic rings. The lowest BCUT2D eigenvalue weighted by Gasteiger charge is -2.07. The molecule has 1 amide bonds. The number of anilines is 1. The molecular weight excluding hydrogens is 378 g/mol. The third-order valence-electron chi connectivity index (χ3n) is 4.18. The van der Waals surface area contributed by atoms with Crippen LogP contribution in [0.25, 0.3) is 33.5 Å². The highest BCUT2D eigenvalue weighted by atomic mass is 35.5. The van der Waals surface area contributed by atoms with Crippen LogP contribution in [0.1, 0.15) is 6.92 Å². The zero-order chi connectivity index (χ0) is 19.7. The van der Waals surface area contributed by atoms with Crippen molar-refractivity contribution in [3.05, 3.63) is 53.9 Å². The normalized spacial score (nSPS) is 10.8. The Morgan fingerprint density at radius 3 is 2.71 bits per heavy atom. The fourth-order valence-electron chi connectivity index (χ4n) is 3.00. The highest BCUT2D eigenvalue weighted by Crippen LogP contribution is 2.37. The van der Waals surface area contributed by atoms with Crippen molar-refractivity contribution >= 4 is 34.4 Å². The van der Waals surface area contributed by atoms with Gasteiger partial charge in [0.2, 0.25) is 5.91 Å². The second kappa shape index (κ2) is 7.28. The predicted octanol–water partition coefficient (Wildman–Crippen LogP) is 4.31. The number of pyridine rings is 3. The van der Waals surface area contributed by atoms with Crippen molar-refractivity contribution in [3.63, 3.8) is 0 Å². The van der Waals surface area contributed by atoms with Crippen LogP contribution in [0.15, 0.2) is 48.9 Å². The van der Waals surface area contributed by atoms with Gasteiger partial charge in [0.05, 0.1) is 46.3 Å². The highest BCUT2D eigenvalue weighted by molar-refractivity contribution is 6.31. The van der Waals surface area contributed by atoms with Gasteiger partial charge in [0.25, 0.3) is 0 Å². The zero-order valence-corrected chi connectivity index (χ0v) is 15.9. The van der Waals surface area contributed by atoms with Crippen LogP contribution in [0.3, 0.4) is 0 Å². The van der Waals surface area contributed by atoms with Crippen molar-refractivity contribution in [2.24, 2.45) is 0 Å². The number of nitrogens with zero attached hydrogens (tertiary/aromatic N) is 3. The molecule has 0 aliphatic heterocycles. The van der Waals surface area contributed by atoms with E-state index in [0.717, 1.165) is 33.5 Å². The molecule has 0 saturated carbocycles. The van der Waals surface area contributed by atoms with Crippen molar-refractivity contribution in [2.45, 2.75) is 6.92 Å². The Labute approximate surface area is 165 Å². The SMILES string of the molecule is COc1ccc(-c2c(-c3ccnc(NC(C)=O)c3)[nH]c3cc(Cl)cnc23)nc1. The molecule has 0 aliphatic carbocycles. The lowest BCUT2D eigenvalue weighted by Crippen LogP contribution is -2.07. The van der Waals surface area contributed by atoms with E-state index in [1.165, 1.54) is 6.92 Å². The Bertz CT molecular complexity index is 1170. The van der Waals surface area contributed by atoms with Gasteiger partial charge >= 0.3 is 0 Å². The average Bonchev–Trinajstić information content (AvgIpc) is 3.06. The summed E-state index contributed by atoms with van der Waals surface area (Å²) >= 11 is 6.12. The molecule has 2 N–H and O–H groups in total. The first-order valence-electron chi connectivity index (χ1n) is 8.47. The molecule has 0 aromatic carbocycles. The molecule has 0 radical (unpaired) electrons. The number of halogens is 1. The van der Waals surface area contributed by atoms with Gasteiger partial charge in [0, 0.05) is 24.9 Å². The number of nitrogens with one attached hydrogen (secondary N) is 2. The molecule has 4 rings (SSSR count).